The molecule has 1 saturated carbocycles. The first-order valence-electron chi connectivity index (χ1n) is 6.94. The molecule has 0 aromatic rings. The van der Waals surface area contributed by atoms with Gasteiger partial charge in [-0.2, -0.15) is 0 Å². The second kappa shape index (κ2) is 8.43. The molecule has 1 fully saturated rings. The number of carbonyl (C=O) groups excluding carboxylic acids is 2. The Morgan fingerprint density at radius 3 is 2.41 bits per heavy atom. The van der Waals surface area contributed by atoms with E-state index in [4.69, 9.17) is 23.2 Å². The zero-order chi connectivity index (χ0) is 16.9. The second-order valence-electron chi connectivity index (χ2n) is 5.28. The van der Waals surface area contributed by atoms with Crippen LogP contribution in [0.25, 0.3) is 0 Å². The molecule has 0 saturated heterocycles. The van der Waals surface area contributed by atoms with Crippen LogP contribution in [-0.4, -0.2) is 72.9 Å². The monoisotopic (exact) mass is 352 g/mol. The van der Waals surface area contributed by atoms with E-state index in [1.165, 1.54) is 19.1 Å². The number of carbonyl (C=O) groups is 2. The molecule has 0 radical (unpaired) electrons. The number of urea groups is 1. The van der Waals surface area contributed by atoms with Crippen molar-refractivity contribution in [1.29, 1.82) is 0 Å². The summed E-state index contributed by atoms with van der Waals surface area (Å²) in [5.41, 5.74) is 0. The number of amides is 3. The summed E-state index contributed by atoms with van der Waals surface area (Å²) in [5, 5.41) is 2.35. The molecule has 0 aromatic heterocycles. The van der Waals surface area contributed by atoms with Crippen molar-refractivity contribution in [2.24, 2.45) is 4.99 Å². The summed E-state index contributed by atoms with van der Waals surface area (Å²) in [4.78, 5) is 30.1. The van der Waals surface area contributed by atoms with Gasteiger partial charge in [0.2, 0.25) is 5.96 Å². The van der Waals surface area contributed by atoms with E-state index < -0.39 is 12.1 Å². The topological polar surface area (TPSA) is 74.2 Å². The van der Waals surface area contributed by atoms with Gasteiger partial charge in [0.05, 0.1) is 17.9 Å². The summed E-state index contributed by atoms with van der Waals surface area (Å²) in [5.74, 6) is 0.161. The molecular formula is C13H22Cl2N4O3. The standard InChI is InChI=1S/C13H22Cl2N4O3/c1-18(2)11(17-13(21)22-4)19(3)12(20)16-9-7-5-6-8(14)10(9)15/h8-10H,5-7H2,1-4H3,(H,16,20). The first kappa shape index (κ1) is 18.8. The molecular weight excluding hydrogens is 331 g/mol. The van der Waals surface area contributed by atoms with E-state index >= 15 is 0 Å². The van der Waals surface area contributed by atoms with Crippen molar-refractivity contribution in [1.82, 2.24) is 15.1 Å². The van der Waals surface area contributed by atoms with E-state index in [0.29, 0.717) is 0 Å². The van der Waals surface area contributed by atoms with E-state index in [-0.39, 0.29) is 22.8 Å². The molecule has 3 atom stereocenters. The molecule has 1 aliphatic carbocycles. The van der Waals surface area contributed by atoms with Gasteiger partial charge in [-0.1, -0.05) is 0 Å². The average Bonchev–Trinajstić information content (AvgIpc) is 2.48. The number of hydrogen-bond acceptors (Lipinski definition) is 3. The van der Waals surface area contributed by atoms with Crippen molar-refractivity contribution in [2.45, 2.75) is 36.1 Å². The van der Waals surface area contributed by atoms with Gasteiger partial charge in [0.1, 0.15) is 0 Å². The van der Waals surface area contributed by atoms with Crippen LogP contribution in [0.1, 0.15) is 19.3 Å². The Morgan fingerprint density at radius 1 is 1.23 bits per heavy atom. The van der Waals surface area contributed by atoms with Crippen LogP contribution in [0.5, 0.6) is 0 Å². The fraction of sp³-hybridized carbons (Fsp3) is 0.769. The highest BCUT2D eigenvalue weighted by atomic mass is 35.5. The Balaban J connectivity index is 2.77. The molecule has 126 valence electrons. The number of halogens is 2. The van der Waals surface area contributed by atoms with Gasteiger partial charge in [-0.3, -0.25) is 4.90 Å². The molecule has 1 N–H and O–H groups in total. The number of nitrogens with zero attached hydrogens (tertiary/aromatic N) is 3. The lowest BCUT2D eigenvalue weighted by Gasteiger charge is -2.33. The molecule has 0 heterocycles. The summed E-state index contributed by atoms with van der Waals surface area (Å²) in [6, 6.07) is -0.618. The summed E-state index contributed by atoms with van der Waals surface area (Å²) >= 11 is 12.4. The molecule has 0 bridgehead atoms. The van der Waals surface area contributed by atoms with Gasteiger partial charge in [-0.05, 0) is 19.3 Å². The summed E-state index contributed by atoms with van der Waals surface area (Å²) in [6.45, 7) is 0. The first-order valence-corrected chi connectivity index (χ1v) is 7.81. The maximum absolute atomic E-state index is 12.3. The van der Waals surface area contributed by atoms with Gasteiger partial charge in [-0.15, -0.1) is 28.2 Å². The Morgan fingerprint density at radius 2 is 1.86 bits per heavy atom. The second-order valence-corrected chi connectivity index (χ2v) is 6.35. The molecule has 0 aliphatic heterocycles. The van der Waals surface area contributed by atoms with Crippen molar-refractivity contribution in [2.75, 3.05) is 28.3 Å². The normalized spacial score (nSPS) is 25.4. The van der Waals surface area contributed by atoms with E-state index in [2.05, 4.69) is 15.0 Å². The Bertz CT molecular complexity index is 445. The third-order valence-corrected chi connectivity index (χ3v) is 4.63. The summed E-state index contributed by atoms with van der Waals surface area (Å²) in [7, 11) is 6.08. The number of rotatable bonds is 1. The fourth-order valence-electron chi connectivity index (χ4n) is 2.20. The number of methoxy groups -OCH3 is 1. The van der Waals surface area contributed by atoms with E-state index in [9.17, 15) is 9.59 Å². The summed E-state index contributed by atoms with van der Waals surface area (Å²) in [6.07, 6.45) is 1.73. The minimum absolute atomic E-state index is 0.161. The molecule has 1 aliphatic rings. The van der Waals surface area contributed by atoms with Crippen LogP contribution >= 0.6 is 23.2 Å². The Kier molecular flexibility index (Phi) is 7.22. The van der Waals surface area contributed by atoms with Crippen LogP contribution in [0.2, 0.25) is 0 Å². The van der Waals surface area contributed by atoms with Gasteiger partial charge in [0.15, 0.2) is 0 Å². The van der Waals surface area contributed by atoms with Gasteiger partial charge in [0, 0.05) is 27.2 Å². The maximum atomic E-state index is 12.3. The highest BCUT2D eigenvalue weighted by Gasteiger charge is 2.32. The molecule has 9 heteroatoms. The van der Waals surface area contributed by atoms with E-state index in [1.54, 1.807) is 19.0 Å². The van der Waals surface area contributed by atoms with Gasteiger partial charge in [0.25, 0.3) is 0 Å². The van der Waals surface area contributed by atoms with Crippen LogP contribution in [-0.2, 0) is 4.74 Å². The van der Waals surface area contributed by atoms with Crippen molar-refractivity contribution >= 4 is 41.3 Å². The first-order chi connectivity index (χ1) is 10.3. The van der Waals surface area contributed by atoms with Crippen molar-refractivity contribution in [3.8, 4) is 0 Å². The highest BCUT2D eigenvalue weighted by Crippen LogP contribution is 2.27. The van der Waals surface area contributed by atoms with E-state index in [1.807, 2.05) is 0 Å². The van der Waals surface area contributed by atoms with Crippen molar-refractivity contribution < 1.29 is 14.3 Å². The predicted octanol–water partition coefficient (Wildman–Crippen LogP) is 2.08. The minimum Gasteiger partial charge on any atom is -0.451 e. The molecule has 0 spiro atoms. The number of ether oxygens (including phenoxy) is 1. The molecule has 3 amide bonds. The van der Waals surface area contributed by atoms with Crippen LogP contribution in [0.4, 0.5) is 9.59 Å². The highest BCUT2D eigenvalue weighted by molar-refractivity contribution is 6.30. The Labute approximate surface area is 140 Å². The third kappa shape index (κ3) is 4.91. The lowest BCUT2D eigenvalue weighted by molar-refractivity contribution is 0.181. The van der Waals surface area contributed by atoms with Crippen molar-refractivity contribution in [3.05, 3.63) is 0 Å². The zero-order valence-electron chi connectivity index (χ0n) is 13.2. The SMILES string of the molecule is COC(=O)N=C(N(C)C)N(C)C(=O)NC1CCCC(Cl)C1Cl. The predicted molar refractivity (Wildman–Crippen MR) is 86.7 cm³/mol. The average molecular weight is 353 g/mol. The molecule has 0 aromatic carbocycles. The molecule has 3 unspecified atom stereocenters. The fourth-order valence-corrected chi connectivity index (χ4v) is 2.85. The van der Waals surface area contributed by atoms with Crippen LogP contribution in [0.3, 0.4) is 0 Å². The largest absolute Gasteiger partial charge is 0.451 e. The molecule has 1 rings (SSSR count). The molecule has 22 heavy (non-hydrogen) atoms. The quantitative estimate of drug-likeness (QED) is 0.445. The third-order valence-electron chi connectivity index (χ3n) is 3.40. The van der Waals surface area contributed by atoms with Crippen LogP contribution < -0.4 is 5.32 Å². The lowest BCUT2D eigenvalue weighted by Crippen LogP contribution is -2.53. The van der Waals surface area contributed by atoms with Gasteiger partial charge >= 0.3 is 12.1 Å². The van der Waals surface area contributed by atoms with Crippen LogP contribution in [0.15, 0.2) is 4.99 Å². The zero-order valence-corrected chi connectivity index (χ0v) is 14.7. The van der Waals surface area contributed by atoms with Gasteiger partial charge in [-0.25, -0.2) is 9.59 Å². The number of aliphatic imine (C=N–C) groups is 1. The number of guanidine groups is 1. The lowest BCUT2D eigenvalue weighted by atomic mass is 9.94. The minimum atomic E-state index is -0.781. The van der Waals surface area contributed by atoms with Gasteiger partial charge < -0.3 is 15.0 Å². The summed E-state index contributed by atoms with van der Waals surface area (Å²) < 4.78 is 4.49. The van der Waals surface area contributed by atoms with Crippen LogP contribution in [0, 0.1) is 0 Å². The number of alkyl halides is 2. The number of nitrogens with one attached hydrogen (secondary N) is 1. The van der Waals surface area contributed by atoms with Crippen molar-refractivity contribution in [3.63, 3.8) is 0 Å². The maximum Gasteiger partial charge on any atom is 0.436 e. The smallest absolute Gasteiger partial charge is 0.436 e. The Hall–Kier alpha value is -1.21. The molecule has 7 nitrogen and oxygen atoms in total. The number of hydrogen-bond donors (Lipinski definition) is 1. The van der Waals surface area contributed by atoms with E-state index in [0.717, 1.165) is 19.3 Å².